The molecule has 1 amide bonds. The largest absolute Gasteiger partial charge is 0.467 e. The van der Waals surface area contributed by atoms with Crippen LogP contribution in [0.25, 0.3) is 0 Å². The average Bonchev–Trinajstić information content (AvgIpc) is 2.84. The van der Waals surface area contributed by atoms with Gasteiger partial charge in [-0.3, -0.25) is 4.79 Å². The Balaban J connectivity index is 2.67. The van der Waals surface area contributed by atoms with Gasteiger partial charge in [0.15, 0.2) is 0 Å². The molecule has 0 aromatic carbocycles. The molecule has 1 rings (SSSR count). The van der Waals surface area contributed by atoms with Crippen molar-refractivity contribution in [2.24, 2.45) is 11.7 Å². The number of aliphatic hydroxyl groups is 1. The van der Waals surface area contributed by atoms with E-state index in [4.69, 9.17) is 5.73 Å². The first-order valence-corrected chi connectivity index (χ1v) is 6.70. The van der Waals surface area contributed by atoms with E-state index in [2.05, 4.69) is 4.74 Å². The van der Waals surface area contributed by atoms with Crippen LogP contribution in [0.1, 0.15) is 33.1 Å². The zero-order chi connectivity index (χ0) is 14.6. The summed E-state index contributed by atoms with van der Waals surface area (Å²) < 4.78 is 4.67. The molecule has 3 N–H and O–H groups in total. The first-order chi connectivity index (χ1) is 8.88. The van der Waals surface area contributed by atoms with Crippen molar-refractivity contribution in [2.75, 3.05) is 13.7 Å². The van der Waals surface area contributed by atoms with Crippen molar-refractivity contribution in [3.05, 3.63) is 0 Å². The molecular formula is C13H24N2O4. The fourth-order valence-corrected chi connectivity index (χ4v) is 2.44. The number of ether oxygens (including phenoxy) is 1. The number of amides is 1. The van der Waals surface area contributed by atoms with Gasteiger partial charge >= 0.3 is 5.97 Å². The number of hydrogen-bond donors (Lipinski definition) is 2. The molecule has 3 atom stereocenters. The first kappa shape index (κ1) is 15.9. The molecular weight excluding hydrogens is 248 g/mol. The predicted octanol–water partition coefficient (Wildman–Crippen LogP) is -0.115. The minimum Gasteiger partial charge on any atom is -0.467 e. The van der Waals surface area contributed by atoms with Crippen LogP contribution in [0.15, 0.2) is 0 Å². The second kappa shape index (κ2) is 6.86. The molecule has 0 aromatic rings. The van der Waals surface area contributed by atoms with Gasteiger partial charge in [0.05, 0.1) is 7.11 Å². The van der Waals surface area contributed by atoms with Gasteiger partial charge in [-0.25, -0.2) is 4.79 Å². The number of methoxy groups -OCH3 is 1. The Bertz CT molecular complexity index is 333. The number of esters is 1. The Hall–Kier alpha value is -1.14. The van der Waals surface area contributed by atoms with E-state index in [9.17, 15) is 14.7 Å². The van der Waals surface area contributed by atoms with Gasteiger partial charge in [-0.2, -0.15) is 0 Å². The minimum absolute atomic E-state index is 0.299. The number of hydrogen-bond acceptors (Lipinski definition) is 5. The SMILES string of the molecule is COC(=O)[C@@H]1CCCN1C(=O)[C@@H](O)[C@H](N)CC(C)C. The third kappa shape index (κ3) is 3.91. The van der Waals surface area contributed by atoms with Gasteiger partial charge in [-0.1, -0.05) is 13.8 Å². The van der Waals surface area contributed by atoms with E-state index in [0.29, 0.717) is 25.3 Å². The Kier molecular flexibility index (Phi) is 5.75. The standard InChI is InChI=1S/C13H24N2O4/c1-8(2)7-9(14)11(16)12(17)15-6-4-5-10(15)13(18)19-3/h8-11,16H,4-7,14H2,1-3H3/t9-,10+,11+/m1/s1. The maximum absolute atomic E-state index is 12.2. The molecule has 1 aliphatic rings. The average molecular weight is 272 g/mol. The number of rotatable bonds is 5. The highest BCUT2D eigenvalue weighted by atomic mass is 16.5. The summed E-state index contributed by atoms with van der Waals surface area (Å²) in [5, 5.41) is 10.00. The van der Waals surface area contributed by atoms with Crippen molar-refractivity contribution < 1.29 is 19.4 Å². The van der Waals surface area contributed by atoms with E-state index in [1.54, 1.807) is 0 Å². The maximum Gasteiger partial charge on any atom is 0.328 e. The fraction of sp³-hybridized carbons (Fsp3) is 0.846. The summed E-state index contributed by atoms with van der Waals surface area (Å²) in [6, 6.07) is -1.19. The van der Waals surface area contributed by atoms with E-state index < -0.39 is 30.1 Å². The molecule has 1 fully saturated rings. The topological polar surface area (TPSA) is 92.9 Å². The molecule has 110 valence electrons. The van der Waals surface area contributed by atoms with Gasteiger partial charge in [0, 0.05) is 12.6 Å². The lowest BCUT2D eigenvalue weighted by molar-refractivity contribution is -0.154. The highest BCUT2D eigenvalue weighted by Crippen LogP contribution is 2.20. The van der Waals surface area contributed by atoms with Gasteiger partial charge in [-0.05, 0) is 25.2 Å². The van der Waals surface area contributed by atoms with Gasteiger partial charge in [0.2, 0.25) is 0 Å². The van der Waals surface area contributed by atoms with Crippen molar-refractivity contribution in [3.63, 3.8) is 0 Å². The van der Waals surface area contributed by atoms with Gasteiger partial charge < -0.3 is 20.5 Å². The zero-order valence-electron chi connectivity index (χ0n) is 11.8. The summed E-state index contributed by atoms with van der Waals surface area (Å²) in [4.78, 5) is 25.1. The molecule has 0 unspecified atom stereocenters. The highest BCUT2D eigenvalue weighted by molar-refractivity contribution is 5.87. The maximum atomic E-state index is 12.2. The molecule has 0 aliphatic carbocycles. The second-order valence-corrected chi connectivity index (χ2v) is 5.45. The highest BCUT2D eigenvalue weighted by Gasteiger charge is 2.38. The van der Waals surface area contributed by atoms with E-state index in [1.807, 2.05) is 13.8 Å². The first-order valence-electron chi connectivity index (χ1n) is 6.70. The van der Waals surface area contributed by atoms with Crippen LogP contribution in [0.4, 0.5) is 0 Å². The predicted molar refractivity (Wildman–Crippen MR) is 70.2 cm³/mol. The summed E-state index contributed by atoms with van der Waals surface area (Å²) in [5.41, 5.74) is 5.83. The normalized spacial score (nSPS) is 22.4. The molecule has 0 saturated carbocycles. The van der Waals surface area contributed by atoms with E-state index in [-0.39, 0.29) is 0 Å². The van der Waals surface area contributed by atoms with Gasteiger partial charge in [0.25, 0.3) is 5.91 Å². The smallest absolute Gasteiger partial charge is 0.328 e. The second-order valence-electron chi connectivity index (χ2n) is 5.45. The Morgan fingerprint density at radius 2 is 2.11 bits per heavy atom. The lowest BCUT2D eigenvalue weighted by Gasteiger charge is -2.28. The monoisotopic (exact) mass is 272 g/mol. The minimum atomic E-state index is -1.26. The quantitative estimate of drug-likeness (QED) is 0.681. The summed E-state index contributed by atoms with van der Waals surface area (Å²) in [6.45, 7) is 4.42. The van der Waals surface area contributed by atoms with E-state index >= 15 is 0 Å². The molecule has 1 aliphatic heterocycles. The summed E-state index contributed by atoms with van der Waals surface area (Å²) in [5.74, 6) is -0.607. The van der Waals surface area contributed by atoms with Crippen molar-refractivity contribution in [1.29, 1.82) is 0 Å². The number of likely N-dealkylation sites (tertiary alicyclic amines) is 1. The van der Waals surface area contributed by atoms with Crippen molar-refractivity contribution >= 4 is 11.9 Å². The summed E-state index contributed by atoms with van der Waals surface area (Å²) in [6.07, 6.45) is 0.610. The zero-order valence-corrected chi connectivity index (χ0v) is 11.8. The van der Waals surface area contributed by atoms with Crippen LogP contribution in [-0.2, 0) is 14.3 Å². The number of carbonyl (C=O) groups excluding carboxylic acids is 2. The van der Waals surface area contributed by atoms with E-state index in [1.165, 1.54) is 12.0 Å². The summed E-state index contributed by atoms with van der Waals surface area (Å²) in [7, 11) is 1.30. The van der Waals surface area contributed by atoms with Gasteiger partial charge in [-0.15, -0.1) is 0 Å². The third-order valence-corrected chi connectivity index (χ3v) is 3.41. The number of aliphatic hydroxyl groups excluding tert-OH is 1. The molecule has 6 heteroatoms. The molecule has 1 heterocycles. The van der Waals surface area contributed by atoms with Crippen molar-refractivity contribution in [1.82, 2.24) is 4.90 Å². The molecule has 1 saturated heterocycles. The fourth-order valence-electron chi connectivity index (χ4n) is 2.44. The summed E-state index contributed by atoms with van der Waals surface area (Å²) >= 11 is 0. The molecule has 0 aromatic heterocycles. The molecule has 0 radical (unpaired) electrons. The Labute approximate surface area is 113 Å². The third-order valence-electron chi connectivity index (χ3n) is 3.41. The molecule has 0 bridgehead atoms. The van der Waals surface area contributed by atoms with Crippen LogP contribution in [-0.4, -0.2) is 53.7 Å². The van der Waals surface area contributed by atoms with Gasteiger partial charge in [0.1, 0.15) is 12.1 Å². The number of carbonyl (C=O) groups is 2. The number of nitrogens with zero attached hydrogens (tertiary/aromatic N) is 1. The lowest BCUT2D eigenvalue weighted by atomic mass is 9.99. The van der Waals surface area contributed by atoms with Crippen LogP contribution in [0.2, 0.25) is 0 Å². The molecule has 19 heavy (non-hydrogen) atoms. The lowest BCUT2D eigenvalue weighted by Crippen LogP contribution is -2.51. The number of nitrogens with two attached hydrogens (primary N) is 1. The van der Waals surface area contributed by atoms with E-state index in [0.717, 1.165) is 6.42 Å². The Morgan fingerprint density at radius 3 is 2.63 bits per heavy atom. The van der Waals surface area contributed by atoms with Crippen LogP contribution in [0, 0.1) is 5.92 Å². The molecule has 0 spiro atoms. The van der Waals surface area contributed by atoms with Crippen LogP contribution < -0.4 is 5.73 Å². The van der Waals surface area contributed by atoms with Crippen LogP contribution >= 0.6 is 0 Å². The Morgan fingerprint density at radius 1 is 1.47 bits per heavy atom. The van der Waals surface area contributed by atoms with Crippen LogP contribution in [0.3, 0.4) is 0 Å². The van der Waals surface area contributed by atoms with Crippen LogP contribution in [0.5, 0.6) is 0 Å². The van der Waals surface area contributed by atoms with Crippen molar-refractivity contribution in [3.8, 4) is 0 Å². The molecule has 6 nitrogen and oxygen atoms in total. The van der Waals surface area contributed by atoms with Crippen molar-refractivity contribution in [2.45, 2.75) is 51.3 Å².